The summed E-state index contributed by atoms with van der Waals surface area (Å²) in [6.07, 6.45) is 0. The fraction of sp³-hybridized carbons (Fsp3) is 0.286. The number of nitrogens with zero attached hydrogens (tertiary/aromatic N) is 2. The van der Waals surface area contributed by atoms with Crippen LogP contribution < -0.4 is 0 Å². The van der Waals surface area contributed by atoms with Crippen LogP contribution in [0.25, 0.3) is 38.6 Å². The SMILES string of the molecule is CC.CC.CC.CC.CN(C)C.c1ccc2c(c1)-c1ccccc1C21c2ccccc2-n2c3ccccc3c3cccc1c32. The Kier molecular flexibility index (Phi) is 12.1. The van der Waals surface area contributed by atoms with Gasteiger partial charge in [-0.1, -0.05) is 159 Å². The van der Waals surface area contributed by atoms with Gasteiger partial charge in [-0.25, -0.2) is 0 Å². The van der Waals surface area contributed by atoms with Crippen molar-refractivity contribution in [3.8, 4) is 16.8 Å². The summed E-state index contributed by atoms with van der Waals surface area (Å²) in [5.41, 5.74) is 11.8. The molecule has 0 fully saturated rings. The van der Waals surface area contributed by atoms with E-state index in [9.17, 15) is 0 Å². The summed E-state index contributed by atoms with van der Waals surface area (Å²) in [6, 6.07) is 42.7. The zero-order chi connectivity index (χ0) is 32.4. The van der Waals surface area contributed by atoms with E-state index in [2.05, 4.69) is 120 Å². The Hall–Kier alpha value is -4.14. The van der Waals surface area contributed by atoms with E-state index < -0.39 is 0 Å². The lowest BCUT2D eigenvalue weighted by atomic mass is 9.65. The number of hydrogen-bond acceptors (Lipinski definition) is 1. The molecular weight excluding hydrogens is 532 g/mol. The van der Waals surface area contributed by atoms with Gasteiger partial charge in [0.15, 0.2) is 0 Å². The molecule has 230 valence electrons. The van der Waals surface area contributed by atoms with Crippen molar-refractivity contribution in [2.75, 3.05) is 21.1 Å². The average molecular weight is 585 g/mol. The maximum absolute atomic E-state index is 2.49. The third kappa shape index (κ3) is 5.37. The molecule has 44 heavy (non-hydrogen) atoms. The standard InChI is InChI=1S/C31H19N.C3H9N.4C2H6/c1-4-14-24-20(10-1)21-11-2-5-15-25(21)31(24)26-16-6-8-19-29(26)32-28-18-7-3-12-22(28)23-13-9-17-27(31)30(23)32;1-4(2)3;4*1-2/h1-19H;1-3H3;4*1-2H3. The van der Waals surface area contributed by atoms with Crippen LogP contribution in [0.1, 0.15) is 77.6 Å². The van der Waals surface area contributed by atoms with Crippen molar-refractivity contribution in [1.82, 2.24) is 9.47 Å². The van der Waals surface area contributed by atoms with Crippen LogP contribution in [-0.4, -0.2) is 30.6 Å². The third-order valence-electron chi connectivity index (χ3n) is 7.60. The van der Waals surface area contributed by atoms with Crippen molar-refractivity contribution in [1.29, 1.82) is 0 Å². The molecule has 6 aromatic rings. The van der Waals surface area contributed by atoms with Gasteiger partial charge in [-0.05, 0) is 66.7 Å². The van der Waals surface area contributed by atoms with E-state index in [1.165, 1.54) is 60.9 Å². The first-order valence-corrected chi connectivity index (χ1v) is 16.6. The number of rotatable bonds is 0. The lowest BCUT2D eigenvalue weighted by Gasteiger charge is -2.39. The molecule has 5 aromatic carbocycles. The maximum atomic E-state index is 2.49. The van der Waals surface area contributed by atoms with Crippen LogP contribution in [-0.2, 0) is 5.41 Å². The molecule has 0 amide bonds. The van der Waals surface area contributed by atoms with Crippen LogP contribution in [0.4, 0.5) is 0 Å². The molecular formula is C42H52N2. The minimum Gasteiger partial charge on any atom is -0.312 e. The van der Waals surface area contributed by atoms with Crippen molar-refractivity contribution in [3.05, 3.63) is 138 Å². The maximum Gasteiger partial charge on any atom is 0.0754 e. The molecule has 2 nitrogen and oxygen atoms in total. The second-order valence-electron chi connectivity index (χ2n) is 10.3. The Balaban J connectivity index is 0.000000393. The van der Waals surface area contributed by atoms with Gasteiger partial charge >= 0.3 is 0 Å². The van der Waals surface area contributed by atoms with E-state index >= 15 is 0 Å². The first kappa shape index (κ1) is 34.4. The van der Waals surface area contributed by atoms with Gasteiger partial charge in [0.25, 0.3) is 0 Å². The van der Waals surface area contributed by atoms with Crippen LogP contribution >= 0.6 is 0 Å². The van der Waals surface area contributed by atoms with Gasteiger partial charge in [0.1, 0.15) is 0 Å². The second kappa shape index (κ2) is 15.5. The van der Waals surface area contributed by atoms with Crippen molar-refractivity contribution < 1.29 is 0 Å². The fourth-order valence-electron chi connectivity index (χ4n) is 6.52. The lowest BCUT2D eigenvalue weighted by Crippen LogP contribution is -2.33. The minimum atomic E-state index is -0.312. The average Bonchev–Trinajstić information content (AvgIpc) is 3.59. The van der Waals surface area contributed by atoms with E-state index in [1.54, 1.807) is 0 Å². The molecule has 1 aromatic heterocycles. The molecule has 0 N–H and O–H groups in total. The summed E-state index contributed by atoms with van der Waals surface area (Å²) in [4.78, 5) is 2.00. The van der Waals surface area contributed by atoms with Gasteiger partial charge in [0.2, 0.25) is 0 Å². The summed E-state index contributed by atoms with van der Waals surface area (Å²) in [7, 11) is 6.00. The van der Waals surface area contributed by atoms with Gasteiger partial charge in [0, 0.05) is 10.8 Å². The van der Waals surface area contributed by atoms with Gasteiger partial charge in [0.05, 0.1) is 22.1 Å². The molecule has 0 bridgehead atoms. The summed E-state index contributed by atoms with van der Waals surface area (Å²) >= 11 is 0. The number of fused-ring (bicyclic) bond motifs is 12. The largest absolute Gasteiger partial charge is 0.312 e. The van der Waals surface area contributed by atoms with Crippen molar-refractivity contribution in [3.63, 3.8) is 0 Å². The van der Waals surface area contributed by atoms with Crippen LogP contribution in [0.5, 0.6) is 0 Å². The highest BCUT2D eigenvalue weighted by Crippen LogP contribution is 2.60. The Morgan fingerprint density at radius 2 is 0.841 bits per heavy atom. The van der Waals surface area contributed by atoms with Crippen LogP contribution in [0.2, 0.25) is 0 Å². The molecule has 1 spiro atoms. The number of hydrogen-bond donors (Lipinski definition) is 0. The predicted molar refractivity (Wildman–Crippen MR) is 197 cm³/mol. The molecule has 0 unspecified atom stereocenters. The number of para-hydroxylation sites is 3. The predicted octanol–water partition coefficient (Wildman–Crippen LogP) is 11.7. The van der Waals surface area contributed by atoms with Crippen LogP contribution in [0, 0.1) is 0 Å². The highest BCUT2D eigenvalue weighted by molar-refractivity contribution is 6.12. The fourth-order valence-corrected chi connectivity index (χ4v) is 6.52. The van der Waals surface area contributed by atoms with Crippen LogP contribution in [0.3, 0.4) is 0 Å². The number of aromatic nitrogens is 1. The van der Waals surface area contributed by atoms with Crippen molar-refractivity contribution >= 4 is 21.8 Å². The van der Waals surface area contributed by atoms with E-state index in [0.29, 0.717) is 0 Å². The molecule has 8 rings (SSSR count). The van der Waals surface area contributed by atoms with Crippen molar-refractivity contribution in [2.45, 2.75) is 60.8 Å². The Labute approximate surface area is 267 Å². The van der Waals surface area contributed by atoms with Crippen LogP contribution in [0.15, 0.2) is 115 Å². The Bertz CT molecular complexity index is 1740. The molecule has 2 heterocycles. The normalized spacial score (nSPS) is 11.9. The Morgan fingerprint density at radius 1 is 0.432 bits per heavy atom. The van der Waals surface area contributed by atoms with Gasteiger partial charge < -0.3 is 9.47 Å². The molecule has 0 radical (unpaired) electrons. The summed E-state index contributed by atoms with van der Waals surface area (Å²) in [5.74, 6) is 0. The molecule has 2 heteroatoms. The molecule has 1 aliphatic heterocycles. The molecule has 0 atom stereocenters. The van der Waals surface area contributed by atoms with Crippen molar-refractivity contribution in [2.24, 2.45) is 0 Å². The van der Waals surface area contributed by atoms with Gasteiger partial charge in [-0.15, -0.1) is 0 Å². The Morgan fingerprint density at radius 3 is 1.41 bits per heavy atom. The zero-order valence-corrected chi connectivity index (χ0v) is 28.9. The monoisotopic (exact) mass is 584 g/mol. The highest BCUT2D eigenvalue weighted by Gasteiger charge is 2.50. The lowest BCUT2D eigenvalue weighted by molar-refractivity contribution is 0.505. The second-order valence-corrected chi connectivity index (χ2v) is 10.3. The van der Waals surface area contributed by atoms with Gasteiger partial charge in [-0.2, -0.15) is 0 Å². The molecule has 0 saturated carbocycles. The van der Waals surface area contributed by atoms with E-state index in [-0.39, 0.29) is 5.41 Å². The quantitative estimate of drug-likeness (QED) is 0.172. The molecule has 0 saturated heterocycles. The highest BCUT2D eigenvalue weighted by atomic mass is 15.0. The van der Waals surface area contributed by atoms with E-state index in [0.717, 1.165) is 0 Å². The summed E-state index contributed by atoms with van der Waals surface area (Å²) in [5, 5.41) is 2.64. The first-order valence-electron chi connectivity index (χ1n) is 16.6. The topological polar surface area (TPSA) is 8.17 Å². The number of benzene rings is 5. The minimum absolute atomic E-state index is 0.312. The molecule has 2 aliphatic rings. The third-order valence-corrected chi connectivity index (χ3v) is 7.60. The smallest absolute Gasteiger partial charge is 0.0754 e. The molecule has 1 aliphatic carbocycles. The summed E-state index contributed by atoms with van der Waals surface area (Å²) in [6.45, 7) is 16.0. The zero-order valence-electron chi connectivity index (χ0n) is 28.9. The van der Waals surface area contributed by atoms with E-state index in [1.807, 2.05) is 81.4 Å². The summed E-state index contributed by atoms with van der Waals surface area (Å²) < 4.78 is 2.49. The first-order chi connectivity index (χ1) is 21.6. The van der Waals surface area contributed by atoms with Gasteiger partial charge in [-0.3, -0.25) is 0 Å². The van der Waals surface area contributed by atoms with E-state index in [4.69, 9.17) is 0 Å².